The minimum atomic E-state index is 0.318. The topological polar surface area (TPSA) is 44.3 Å². The predicted molar refractivity (Wildman–Crippen MR) is 59.4 cm³/mol. The molecule has 1 aliphatic rings. The van der Waals surface area contributed by atoms with E-state index in [1.165, 1.54) is 25.8 Å². The Morgan fingerprint density at radius 1 is 1.43 bits per heavy atom. The number of hydrogen-bond acceptors (Lipinski definition) is 3. The van der Waals surface area contributed by atoms with E-state index in [1.807, 2.05) is 0 Å². The molecule has 3 heteroatoms. The summed E-state index contributed by atoms with van der Waals surface area (Å²) in [6.07, 6.45) is 5.81. The first-order valence-corrected chi connectivity index (χ1v) is 5.90. The van der Waals surface area contributed by atoms with Crippen LogP contribution in [-0.2, 0) is 0 Å². The predicted octanol–water partition coefficient (Wildman–Crippen LogP) is 0.879. The molecule has 14 heavy (non-hydrogen) atoms. The molecular weight excluding hydrogens is 176 g/mol. The van der Waals surface area contributed by atoms with Gasteiger partial charge in [0.15, 0.2) is 0 Å². The van der Waals surface area contributed by atoms with Gasteiger partial charge in [-0.1, -0.05) is 0 Å². The van der Waals surface area contributed by atoms with Crippen LogP contribution in [0.25, 0.3) is 0 Å². The van der Waals surface area contributed by atoms with Gasteiger partial charge in [-0.25, -0.2) is 0 Å². The van der Waals surface area contributed by atoms with E-state index in [9.17, 15) is 0 Å². The molecule has 0 bridgehead atoms. The van der Waals surface area contributed by atoms with Crippen molar-refractivity contribution in [3.63, 3.8) is 0 Å². The Balaban J connectivity index is 2.13. The molecule has 0 aromatic rings. The van der Waals surface area contributed by atoms with Gasteiger partial charge in [0.25, 0.3) is 0 Å². The largest absolute Gasteiger partial charge is 0.396 e. The zero-order valence-electron chi connectivity index (χ0n) is 9.26. The number of hydrogen-bond donors (Lipinski definition) is 3. The summed E-state index contributed by atoms with van der Waals surface area (Å²) < 4.78 is 0. The van der Waals surface area contributed by atoms with Crippen LogP contribution in [0.4, 0.5) is 0 Å². The Bertz CT molecular complexity index is 133. The SMILES string of the molecule is CC(CCCO)NC1CCCNCC1. The second-order valence-electron chi connectivity index (χ2n) is 4.31. The summed E-state index contributed by atoms with van der Waals surface area (Å²) in [5, 5.41) is 15.8. The molecule has 2 unspecified atom stereocenters. The lowest BCUT2D eigenvalue weighted by Gasteiger charge is -2.21. The van der Waals surface area contributed by atoms with E-state index < -0.39 is 0 Å². The molecule has 0 saturated carbocycles. The Morgan fingerprint density at radius 2 is 2.29 bits per heavy atom. The summed E-state index contributed by atoms with van der Waals surface area (Å²) in [4.78, 5) is 0. The molecule has 1 fully saturated rings. The van der Waals surface area contributed by atoms with E-state index in [-0.39, 0.29) is 0 Å². The summed E-state index contributed by atoms with van der Waals surface area (Å²) in [5.74, 6) is 0. The van der Waals surface area contributed by atoms with Gasteiger partial charge in [0, 0.05) is 18.7 Å². The Hall–Kier alpha value is -0.120. The number of nitrogens with one attached hydrogen (secondary N) is 2. The smallest absolute Gasteiger partial charge is 0.0431 e. The van der Waals surface area contributed by atoms with Crippen LogP contribution in [0.1, 0.15) is 39.0 Å². The van der Waals surface area contributed by atoms with Crippen molar-refractivity contribution in [3.05, 3.63) is 0 Å². The zero-order chi connectivity index (χ0) is 10.2. The molecule has 1 heterocycles. The monoisotopic (exact) mass is 200 g/mol. The summed E-state index contributed by atoms with van der Waals surface area (Å²) in [6, 6.07) is 1.23. The van der Waals surface area contributed by atoms with Crippen LogP contribution in [0.3, 0.4) is 0 Å². The van der Waals surface area contributed by atoms with Gasteiger partial charge in [-0.05, 0) is 52.1 Å². The molecule has 0 spiro atoms. The third kappa shape index (κ3) is 4.94. The number of aliphatic hydroxyl groups is 1. The van der Waals surface area contributed by atoms with Gasteiger partial charge in [0.2, 0.25) is 0 Å². The maximum absolute atomic E-state index is 8.73. The molecule has 1 saturated heterocycles. The van der Waals surface area contributed by atoms with E-state index in [4.69, 9.17) is 5.11 Å². The van der Waals surface area contributed by atoms with Crippen molar-refractivity contribution < 1.29 is 5.11 Å². The third-order valence-electron chi connectivity index (χ3n) is 2.89. The van der Waals surface area contributed by atoms with Gasteiger partial charge >= 0.3 is 0 Å². The van der Waals surface area contributed by atoms with Gasteiger partial charge in [-0.3, -0.25) is 0 Å². The van der Waals surface area contributed by atoms with Gasteiger partial charge in [0.05, 0.1) is 0 Å². The summed E-state index contributed by atoms with van der Waals surface area (Å²) in [6.45, 7) is 4.85. The molecule has 1 aliphatic heterocycles. The van der Waals surface area contributed by atoms with Crippen molar-refractivity contribution >= 4 is 0 Å². The van der Waals surface area contributed by atoms with Crippen molar-refractivity contribution in [2.75, 3.05) is 19.7 Å². The highest BCUT2D eigenvalue weighted by atomic mass is 16.2. The molecule has 0 aliphatic carbocycles. The Kier molecular flexibility index (Phi) is 6.15. The molecule has 0 amide bonds. The first-order valence-electron chi connectivity index (χ1n) is 5.90. The molecule has 0 aromatic heterocycles. The fourth-order valence-electron chi connectivity index (χ4n) is 2.07. The van der Waals surface area contributed by atoms with Gasteiger partial charge in [-0.2, -0.15) is 0 Å². The Labute approximate surface area is 87.3 Å². The molecular formula is C11H24N2O. The second kappa shape index (κ2) is 7.21. The zero-order valence-corrected chi connectivity index (χ0v) is 9.26. The summed E-state index contributed by atoms with van der Waals surface area (Å²) in [7, 11) is 0. The van der Waals surface area contributed by atoms with Crippen molar-refractivity contribution in [3.8, 4) is 0 Å². The minimum Gasteiger partial charge on any atom is -0.396 e. The standard InChI is InChI=1S/C11H24N2O/c1-10(4-3-9-14)13-11-5-2-7-12-8-6-11/h10-14H,2-9H2,1H3. The van der Waals surface area contributed by atoms with Crippen LogP contribution in [0.5, 0.6) is 0 Å². The highest BCUT2D eigenvalue weighted by Crippen LogP contribution is 2.07. The average Bonchev–Trinajstić information content (AvgIpc) is 2.43. The van der Waals surface area contributed by atoms with Gasteiger partial charge in [0.1, 0.15) is 0 Å². The van der Waals surface area contributed by atoms with E-state index in [0.29, 0.717) is 18.7 Å². The van der Waals surface area contributed by atoms with Crippen molar-refractivity contribution in [1.82, 2.24) is 10.6 Å². The minimum absolute atomic E-state index is 0.318. The molecule has 0 aromatic carbocycles. The fraction of sp³-hybridized carbons (Fsp3) is 1.00. The van der Waals surface area contributed by atoms with E-state index in [1.54, 1.807) is 0 Å². The molecule has 3 nitrogen and oxygen atoms in total. The van der Waals surface area contributed by atoms with Crippen LogP contribution >= 0.6 is 0 Å². The number of rotatable bonds is 5. The van der Waals surface area contributed by atoms with Crippen LogP contribution in [0.15, 0.2) is 0 Å². The first-order chi connectivity index (χ1) is 6.83. The lowest BCUT2D eigenvalue weighted by atomic mass is 10.1. The highest BCUT2D eigenvalue weighted by molar-refractivity contribution is 4.75. The normalized spacial score (nSPS) is 25.7. The van der Waals surface area contributed by atoms with Crippen molar-refractivity contribution in [1.29, 1.82) is 0 Å². The van der Waals surface area contributed by atoms with Crippen molar-refractivity contribution in [2.24, 2.45) is 0 Å². The number of aliphatic hydroxyl groups excluding tert-OH is 1. The molecule has 3 N–H and O–H groups in total. The van der Waals surface area contributed by atoms with Gasteiger partial charge < -0.3 is 15.7 Å². The summed E-state index contributed by atoms with van der Waals surface area (Å²) in [5.41, 5.74) is 0. The molecule has 1 rings (SSSR count). The molecule has 2 atom stereocenters. The Morgan fingerprint density at radius 3 is 3.07 bits per heavy atom. The maximum atomic E-state index is 8.73. The highest BCUT2D eigenvalue weighted by Gasteiger charge is 2.13. The van der Waals surface area contributed by atoms with Crippen LogP contribution in [0, 0.1) is 0 Å². The van der Waals surface area contributed by atoms with Crippen LogP contribution in [0.2, 0.25) is 0 Å². The fourth-order valence-corrected chi connectivity index (χ4v) is 2.07. The van der Waals surface area contributed by atoms with Crippen LogP contribution < -0.4 is 10.6 Å². The van der Waals surface area contributed by atoms with E-state index in [0.717, 1.165) is 19.4 Å². The first kappa shape index (κ1) is 12.0. The summed E-state index contributed by atoms with van der Waals surface area (Å²) >= 11 is 0. The maximum Gasteiger partial charge on any atom is 0.0431 e. The average molecular weight is 200 g/mol. The second-order valence-corrected chi connectivity index (χ2v) is 4.31. The quantitative estimate of drug-likeness (QED) is 0.617. The molecule has 84 valence electrons. The van der Waals surface area contributed by atoms with E-state index >= 15 is 0 Å². The molecule has 0 radical (unpaired) electrons. The van der Waals surface area contributed by atoms with Crippen molar-refractivity contribution in [2.45, 2.75) is 51.1 Å². The lowest BCUT2D eigenvalue weighted by molar-refractivity contribution is 0.272. The third-order valence-corrected chi connectivity index (χ3v) is 2.89. The van der Waals surface area contributed by atoms with Crippen LogP contribution in [-0.4, -0.2) is 36.9 Å². The van der Waals surface area contributed by atoms with E-state index in [2.05, 4.69) is 17.6 Å². The lowest BCUT2D eigenvalue weighted by Crippen LogP contribution is -2.37. The van der Waals surface area contributed by atoms with Gasteiger partial charge in [-0.15, -0.1) is 0 Å².